The minimum atomic E-state index is -4.56. The van der Waals surface area contributed by atoms with Crippen molar-refractivity contribution in [2.75, 3.05) is 10.6 Å². The highest BCUT2D eigenvalue weighted by atomic mass is 32.2. The predicted octanol–water partition coefficient (Wildman–Crippen LogP) is 3.54. The van der Waals surface area contributed by atoms with Crippen molar-refractivity contribution < 1.29 is 40.9 Å². The Hall–Kier alpha value is -3.91. The average molecular weight is 504 g/mol. The van der Waals surface area contributed by atoms with Crippen molar-refractivity contribution >= 4 is 59.2 Å². The monoisotopic (exact) mass is 504 g/mol. The number of fused-ring (bicyclic) bond motifs is 2. The molecule has 0 saturated heterocycles. The van der Waals surface area contributed by atoms with Gasteiger partial charge in [-0.15, -0.1) is 0 Å². The first kappa shape index (κ1) is 23.3. The second-order valence-corrected chi connectivity index (χ2v) is 10.1. The number of carbonyl (C=O) groups excluding carboxylic acids is 1. The lowest BCUT2D eigenvalue weighted by atomic mass is 10.1. The highest BCUT2D eigenvalue weighted by Crippen LogP contribution is 2.32. The van der Waals surface area contributed by atoms with E-state index in [0.717, 1.165) is 24.3 Å². The van der Waals surface area contributed by atoms with E-state index in [2.05, 4.69) is 10.6 Å². The van der Waals surface area contributed by atoms with Crippen molar-refractivity contribution in [3.8, 4) is 11.5 Å². The first-order valence-electron chi connectivity index (χ1n) is 9.38. The lowest BCUT2D eigenvalue weighted by Crippen LogP contribution is -2.19. The molecular weight excluding hydrogens is 488 g/mol. The third kappa shape index (κ3) is 4.72. The van der Waals surface area contributed by atoms with Crippen LogP contribution in [0, 0.1) is 0 Å². The van der Waals surface area contributed by atoms with Crippen LogP contribution < -0.4 is 10.6 Å². The minimum Gasteiger partial charge on any atom is -0.507 e. The Labute approximate surface area is 192 Å². The summed E-state index contributed by atoms with van der Waals surface area (Å²) in [7, 11) is -9.03. The molecule has 4 aromatic carbocycles. The van der Waals surface area contributed by atoms with Gasteiger partial charge < -0.3 is 20.8 Å². The van der Waals surface area contributed by atoms with Crippen LogP contribution in [-0.4, -0.2) is 42.2 Å². The highest BCUT2D eigenvalue weighted by molar-refractivity contribution is 7.86. The van der Waals surface area contributed by atoms with Gasteiger partial charge in [0.25, 0.3) is 20.2 Å². The van der Waals surface area contributed by atoms with Crippen LogP contribution in [0.25, 0.3) is 21.5 Å². The van der Waals surface area contributed by atoms with E-state index in [9.17, 15) is 40.9 Å². The highest BCUT2D eigenvalue weighted by Gasteiger charge is 2.15. The molecule has 34 heavy (non-hydrogen) atoms. The van der Waals surface area contributed by atoms with Gasteiger partial charge in [-0.2, -0.15) is 16.8 Å². The lowest BCUT2D eigenvalue weighted by Gasteiger charge is -2.11. The maximum absolute atomic E-state index is 12.5. The zero-order valence-electron chi connectivity index (χ0n) is 16.9. The van der Waals surface area contributed by atoms with Crippen molar-refractivity contribution in [1.29, 1.82) is 0 Å². The number of carbonyl (C=O) groups is 1. The Morgan fingerprint density at radius 3 is 1.74 bits per heavy atom. The van der Waals surface area contributed by atoms with Gasteiger partial charge in [-0.25, -0.2) is 4.79 Å². The third-order valence-electron chi connectivity index (χ3n) is 4.92. The fourth-order valence-electron chi connectivity index (χ4n) is 3.40. The topological polar surface area (TPSA) is 190 Å². The number of amides is 2. The zero-order chi connectivity index (χ0) is 24.8. The number of hydrogen-bond donors (Lipinski definition) is 6. The summed E-state index contributed by atoms with van der Waals surface area (Å²) in [5, 5.41) is 26.2. The predicted molar refractivity (Wildman–Crippen MR) is 123 cm³/mol. The van der Waals surface area contributed by atoms with Crippen LogP contribution in [-0.2, 0) is 20.2 Å². The van der Waals surface area contributed by atoms with Gasteiger partial charge in [0.05, 0.1) is 9.79 Å². The molecule has 13 heteroatoms. The van der Waals surface area contributed by atoms with Crippen LogP contribution in [0.2, 0.25) is 0 Å². The molecule has 0 aromatic heterocycles. The second-order valence-electron chi connectivity index (χ2n) is 7.29. The standard InChI is InChI=1S/C21H16N2O9S2/c24-19-9-14(6-12-7-15(33(27,28)29)2-4-18(12)19)23-21(26)22-13-1-3-17-11(5-13)8-16(10-20(17)25)34(30,31)32/h1-10,24-25H,(H2,22,23,26)(H,27,28,29)(H,30,31,32). The van der Waals surface area contributed by atoms with Crippen molar-refractivity contribution in [1.82, 2.24) is 0 Å². The maximum atomic E-state index is 12.5. The molecule has 4 aromatic rings. The largest absolute Gasteiger partial charge is 0.507 e. The Morgan fingerprint density at radius 1 is 0.618 bits per heavy atom. The summed E-state index contributed by atoms with van der Waals surface area (Å²) in [6, 6.07) is 11.7. The van der Waals surface area contributed by atoms with Crippen molar-refractivity contribution in [2.24, 2.45) is 0 Å². The summed E-state index contributed by atoms with van der Waals surface area (Å²) in [5.41, 5.74) is 0.331. The number of phenolic OH excluding ortho intramolecular Hbond substituents is 2. The smallest absolute Gasteiger partial charge is 0.323 e. The molecule has 0 unspecified atom stereocenters. The molecule has 2 amide bonds. The molecule has 0 fully saturated rings. The number of benzene rings is 4. The molecule has 0 radical (unpaired) electrons. The Kier molecular flexibility index (Phi) is 5.57. The Bertz CT molecular complexity index is 1700. The van der Waals surface area contributed by atoms with Gasteiger partial charge in [-0.05, 0) is 59.3 Å². The molecule has 176 valence electrons. The van der Waals surface area contributed by atoms with Crippen LogP contribution in [0.1, 0.15) is 0 Å². The molecule has 0 saturated carbocycles. The molecule has 0 spiro atoms. The number of phenols is 2. The fourth-order valence-corrected chi connectivity index (χ4v) is 4.46. The van der Waals surface area contributed by atoms with Crippen molar-refractivity contribution in [2.45, 2.75) is 9.79 Å². The molecule has 0 aliphatic heterocycles. The number of aromatic hydroxyl groups is 2. The van der Waals surface area contributed by atoms with Crippen LogP contribution in [0.5, 0.6) is 11.5 Å². The lowest BCUT2D eigenvalue weighted by molar-refractivity contribution is 0.262. The number of hydrogen-bond acceptors (Lipinski definition) is 7. The van der Waals surface area contributed by atoms with Crippen LogP contribution in [0.3, 0.4) is 0 Å². The molecular formula is C21H16N2O9S2. The van der Waals surface area contributed by atoms with Gasteiger partial charge in [0.15, 0.2) is 0 Å². The van der Waals surface area contributed by atoms with Crippen LogP contribution in [0.4, 0.5) is 16.2 Å². The summed E-state index contributed by atoms with van der Waals surface area (Å²) < 4.78 is 64.0. The molecule has 0 atom stereocenters. The molecule has 11 nitrogen and oxygen atoms in total. The third-order valence-corrected chi connectivity index (χ3v) is 6.60. The number of rotatable bonds is 4. The quantitative estimate of drug-likeness (QED) is 0.226. The Balaban J connectivity index is 1.62. The zero-order valence-corrected chi connectivity index (χ0v) is 18.6. The van der Waals surface area contributed by atoms with Crippen LogP contribution >= 0.6 is 0 Å². The van der Waals surface area contributed by atoms with Gasteiger partial charge in [0, 0.05) is 34.3 Å². The van der Waals surface area contributed by atoms with E-state index in [-0.39, 0.29) is 43.9 Å². The molecule has 4 rings (SSSR count). The molecule has 0 bridgehead atoms. The average Bonchev–Trinajstić information content (AvgIpc) is 2.71. The van der Waals surface area contributed by atoms with Gasteiger partial charge in [0.2, 0.25) is 0 Å². The fraction of sp³-hybridized carbons (Fsp3) is 0. The normalized spacial score (nSPS) is 12.1. The van der Waals surface area contributed by atoms with Gasteiger partial charge in [-0.1, -0.05) is 0 Å². The maximum Gasteiger partial charge on any atom is 0.323 e. The molecule has 0 heterocycles. The molecule has 6 N–H and O–H groups in total. The Morgan fingerprint density at radius 2 is 1.12 bits per heavy atom. The van der Waals surface area contributed by atoms with E-state index in [0.29, 0.717) is 5.39 Å². The number of anilines is 2. The van der Waals surface area contributed by atoms with Gasteiger partial charge >= 0.3 is 6.03 Å². The van der Waals surface area contributed by atoms with E-state index < -0.39 is 31.2 Å². The summed E-state index contributed by atoms with van der Waals surface area (Å²) in [5.74, 6) is -0.620. The van der Waals surface area contributed by atoms with Crippen LogP contribution in [0.15, 0.2) is 70.5 Å². The van der Waals surface area contributed by atoms with E-state index in [1.54, 1.807) is 0 Å². The van der Waals surface area contributed by atoms with Crippen molar-refractivity contribution in [3.05, 3.63) is 60.7 Å². The first-order valence-corrected chi connectivity index (χ1v) is 12.3. The van der Waals surface area contributed by atoms with Gasteiger partial charge in [-0.3, -0.25) is 9.11 Å². The summed E-state index contributed by atoms with van der Waals surface area (Å²) in [6.07, 6.45) is 0. The molecule has 0 aliphatic carbocycles. The van der Waals surface area contributed by atoms with E-state index in [4.69, 9.17) is 0 Å². The SMILES string of the molecule is O=C(Nc1cc(O)c2ccc(S(=O)(=O)O)cc2c1)Nc1ccc2c(O)cc(S(=O)(=O)O)cc2c1. The van der Waals surface area contributed by atoms with E-state index in [1.165, 1.54) is 36.4 Å². The summed E-state index contributed by atoms with van der Waals surface area (Å²) >= 11 is 0. The van der Waals surface area contributed by atoms with Gasteiger partial charge in [0.1, 0.15) is 11.5 Å². The molecule has 0 aliphatic rings. The number of urea groups is 1. The van der Waals surface area contributed by atoms with Crippen molar-refractivity contribution in [3.63, 3.8) is 0 Å². The van der Waals surface area contributed by atoms with E-state index >= 15 is 0 Å². The minimum absolute atomic E-state index is 0.113. The summed E-state index contributed by atoms with van der Waals surface area (Å²) in [4.78, 5) is 11.6. The second kappa shape index (κ2) is 8.14. The summed E-state index contributed by atoms with van der Waals surface area (Å²) in [6.45, 7) is 0. The number of nitrogens with one attached hydrogen (secondary N) is 2. The van der Waals surface area contributed by atoms with E-state index in [1.807, 2.05) is 0 Å². The first-order chi connectivity index (χ1) is 15.8.